The molecule has 4 heterocycles. The van der Waals surface area contributed by atoms with Gasteiger partial charge in [0, 0.05) is 24.7 Å². The van der Waals surface area contributed by atoms with E-state index in [0.717, 1.165) is 56.0 Å². The molecule has 3 aromatic rings. The Kier molecular flexibility index (Phi) is 9.44. The predicted octanol–water partition coefficient (Wildman–Crippen LogP) is 4.70. The van der Waals surface area contributed by atoms with Gasteiger partial charge in [-0.1, -0.05) is 12.1 Å². The number of thiophene rings is 1. The summed E-state index contributed by atoms with van der Waals surface area (Å²) in [5.41, 5.74) is 0.116. The summed E-state index contributed by atoms with van der Waals surface area (Å²) < 4.78 is 61.6. The van der Waals surface area contributed by atoms with Crippen molar-refractivity contribution in [3.8, 4) is 0 Å². The maximum Gasteiger partial charge on any atom is 0.415 e. The van der Waals surface area contributed by atoms with E-state index in [0.29, 0.717) is 22.4 Å². The number of piperidine rings is 3. The van der Waals surface area contributed by atoms with Crippen LogP contribution in [0.25, 0.3) is 0 Å². The number of hydrogen-bond acceptors (Lipinski definition) is 6. The fourth-order valence-corrected chi connectivity index (χ4v) is 6.03. The highest BCUT2D eigenvalue weighted by atomic mass is 32.1. The lowest BCUT2D eigenvalue weighted by Crippen LogP contribution is -2.66. The molecule has 7 nitrogen and oxygen atoms in total. The van der Waals surface area contributed by atoms with Gasteiger partial charge in [-0.2, -0.15) is 0 Å². The Balaban J connectivity index is 0.000000909. The molecular formula is C29H28F4N2O5S. The molecule has 1 atom stereocenters. The quantitative estimate of drug-likeness (QED) is 0.172. The summed E-state index contributed by atoms with van der Waals surface area (Å²) in [5, 5.41) is 10.8. The number of anilines is 1. The number of Topliss-reactive ketones (excluding diaryl/α,β-unsaturated/α-hetero) is 1. The second-order valence-electron chi connectivity index (χ2n) is 10.2. The van der Waals surface area contributed by atoms with E-state index in [9.17, 15) is 27.2 Å². The third-order valence-electron chi connectivity index (χ3n) is 7.29. The average Bonchev–Trinajstić information content (AvgIpc) is 3.46. The van der Waals surface area contributed by atoms with Crippen LogP contribution in [0, 0.1) is 29.2 Å². The normalized spacial score (nSPS) is 21.0. The van der Waals surface area contributed by atoms with E-state index in [1.165, 1.54) is 29.5 Å². The molecule has 3 saturated heterocycles. The van der Waals surface area contributed by atoms with Gasteiger partial charge in [-0.15, -0.1) is 11.3 Å². The van der Waals surface area contributed by atoms with E-state index in [-0.39, 0.29) is 29.5 Å². The molecule has 3 aliphatic rings. The van der Waals surface area contributed by atoms with E-state index >= 15 is 0 Å². The van der Waals surface area contributed by atoms with Gasteiger partial charge < -0.3 is 19.1 Å². The fourth-order valence-electron chi connectivity index (χ4n) is 5.38. The lowest BCUT2D eigenvalue weighted by atomic mass is 9.83. The highest BCUT2D eigenvalue weighted by Gasteiger charge is 2.49. The maximum atomic E-state index is 14.0. The van der Waals surface area contributed by atoms with Crippen molar-refractivity contribution in [2.75, 3.05) is 31.1 Å². The number of quaternary nitrogens is 1. The molecule has 12 heteroatoms. The van der Waals surface area contributed by atoms with Crippen molar-refractivity contribution in [1.82, 2.24) is 0 Å². The number of carbonyl (C=O) groups excluding carboxylic acids is 3. The number of carboxylic acid groups (broad SMARTS) is 1. The summed E-state index contributed by atoms with van der Waals surface area (Å²) in [6.07, 6.45) is 0.315. The molecule has 1 amide bonds. The lowest BCUT2D eigenvalue weighted by molar-refractivity contribution is -0.938. The highest BCUT2D eigenvalue weighted by molar-refractivity contribution is 7.12. The standard InChI is InChI=1S/C27H25F4N2O3S.C2H4O2/c28-19-3-1-4-20(13-19)32(14-17-11-21(29)26(31)22(30)12-17)27(35)36-24-16-33(8-6-18(24)7-9-33)15-23(34)25-5-2-10-37-25;1-2(3)4/h1-5,10-13,18,24H,6-9,14-16H2;1H3,(H,3,4)/q+1;/p-1. The summed E-state index contributed by atoms with van der Waals surface area (Å²) >= 11 is 1.40. The third-order valence-corrected chi connectivity index (χ3v) is 8.20. The molecule has 6 rings (SSSR count). The number of halogens is 4. The van der Waals surface area contributed by atoms with Gasteiger partial charge in [-0.25, -0.2) is 22.4 Å². The minimum atomic E-state index is -1.61. The van der Waals surface area contributed by atoms with E-state index in [1.54, 1.807) is 6.07 Å². The molecule has 1 unspecified atom stereocenters. The summed E-state index contributed by atoms with van der Waals surface area (Å²) in [6, 6.07) is 10.4. The van der Waals surface area contributed by atoms with Crippen LogP contribution in [0.1, 0.15) is 35.0 Å². The molecule has 0 saturated carbocycles. The number of aliphatic carboxylic acids is 1. The molecule has 2 bridgehead atoms. The first-order chi connectivity index (χ1) is 19.5. The number of carbonyl (C=O) groups is 3. The van der Waals surface area contributed by atoms with Crippen molar-refractivity contribution in [2.45, 2.75) is 32.4 Å². The van der Waals surface area contributed by atoms with Crippen LogP contribution in [-0.4, -0.2) is 54.6 Å². The van der Waals surface area contributed by atoms with E-state index in [4.69, 9.17) is 14.6 Å². The van der Waals surface area contributed by atoms with Crippen molar-refractivity contribution in [3.63, 3.8) is 0 Å². The Hall–Kier alpha value is -3.77. The Bertz CT molecular complexity index is 1380. The molecule has 0 N–H and O–H groups in total. The first-order valence-electron chi connectivity index (χ1n) is 12.9. The van der Waals surface area contributed by atoms with Crippen LogP contribution in [0.2, 0.25) is 0 Å². The first kappa shape index (κ1) is 30.2. The van der Waals surface area contributed by atoms with Gasteiger partial charge in [0.1, 0.15) is 18.9 Å². The topological polar surface area (TPSA) is 86.7 Å². The number of ketones is 1. The van der Waals surface area contributed by atoms with Crippen LogP contribution < -0.4 is 10.0 Å². The largest absolute Gasteiger partial charge is 0.550 e. The van der Waals surface area contributed by atoms with Crippen LogP contribution in [0.15, 0.2) is 53.9 Å². The van der Waals surface area contributed by atoms with E-state index < -0.39 is 41.4 Å². The number of fused-ring (bicyclic) bond motifs is 3. The number of benzene rings is 2. The van der Waals surface area contributed by atoms with Crippen molar-refractivity contribution in [2.24, 2.45) is 5.92 Å². The summed E-state index contributed by atoms with van der Waals surface area (Å²) in [5.74, 6) is -5.89. The number of hydrogen-bond donors (Lipinski definition) is 0. The third kappa shape index (κ3) is 7.50. The minimum Gasteiger partial charge on any atom is -0.550 e. The number of nitrogens with zero attached hydrogens (tertiary/aromatic N) is 2. The van der Waals surface area contributed by atoms with Gasteiger partial charge in [0.25, 0.3) is 0 Å². The average molecular weight is 593 g/mol. The van der Waals surface area contributed by atoms with Gasteiger partial charge in [0.2, 0.25) is 5.78 Å². The predicted molar refractivity (Wildman–Crippen MR) is 141 cm³/mol. The zero-order valence-corrected chi connectivity index (χ0v) is 23.0. The molecule has 0 radical (unpaired) electrons. The van der Waals surface area contributed by atoms with Gasteiger partial charge >= 0.3 is 6.09 Å². The van der Waals surface area contributed by atoms with Gasteiger partial charge in [-0.05, 0) is 54.3 Å². The van der Waals surface area contributed by atoms with Crippen LogP contribution >= 0.6 is 11.3 Å². The van der Waals surface area contributed by atoms with Gasteiger partial charge in [0.05, 0.1) is 30.2 Å². The summed E-state index contributed by atoms with van der Waals surface area (Å²) in [6.45, 7) is 3.05. The lowest BCUT2D eigenvalue weighted by Gasteiger charge is -2.51. The smallest absolute Gasteiger partial charge is 0.415 e. The number of ether oxygens (including phenoxy) is 1. The molecule has 0 aliphatic carbocycles. The Morgan fingerprint density at radius 1 is 1.02 bits per heavy atom. The van der Waals surface area contributed by atoms with Crippen LogP contribution in [0.4, 0.5) is 28.0 Å². The molecule has 1 aromatic heterocycles. The molecule has 0 spiro atoms. The number of amides is 1. The summed E-state index contributed by atoms with van der Waals surface area (Å²) in [7, 11) is 0. The molecule has 2 aromatic carbocycles. The van der Waals surface area contributed by atoms with E-state index in [2.05, 4.69) is 0 Å². The zero-order chi connectivity index (χ0) is 29.7. The second kappa shape index (κ2) is 12.8. The van der Waals surface area contributed by atoms with Crippen LogP contribution in [0.3, 0.4) is 0 Å². The Morgan fingerprint density at radius 2 is 1.68 bits per heavy atom. The molecule has 3 aliphatic heterocycles. The molecule has 3 fully saturated rings. The van der Waals surface area contributed by atoms with Gasteiger partial charge in [-0.3, -0.25) is 9.69 Å². The van der Waals surface area contributed by atoms with E-state index in [1.807, 2.05) is 11.4 Å². The SMILES string of the molecule is CC(=O)[O-].O=C(C[N+]12CCC(CC1)C(OC(=O)N(Cc1cc(F)c(F)c(F)c1)c1cccc(F)c1)C2)c1cccs1. The van der Waals surface area contributed by atoms with Crippen molar-refractivity contribution in [1.29, 1.82) is 0 Å². The van der Waals surface area contributed by atoms with Gasteiger partial charge in [0.15, 0.2) is 23.6 Å². The molecule has 41 heavy (non-hydrogen) atoms. The second-order valence-corrected chi connectivity index (χ2v) is 11.2. The van der Waals surface area contributed by atoms with Crippen LogP contribution in [0.5, 0.6) is 0 Å². The maximum absolute atomic E-state index is 14.0. The molecule has 218 valence electrons. The first-order valence-corrected chi connectivity index (χ1v) is 13.8. The number of rotatable bonds is 7. The molecular weight excluding hydrogens is 564 g/mol. The van der Waals surface area contributed by atoms with Crippen molar-refractivity contribution >= 4 is 34.9 Å². The Morgan fingerprint density at radius 3 is 2.27 bits per heavy atom. The highest BCUT2D eigenvalue weighted by Crippen LogP contribution is 2.36. The number of carboxylic acids is 1. The monoisotopic (exact) mass is 592 g/mol. The van der Waals surface area contributed by atoms with Crippen molar-refractivity contribution in [3.05, 3.63) is 87.6 Å². The minimum absolute atomic E-state index is 0.0171. The fraction of sp³-hybridized carbons (Fsp3) is 0.345. The Labute approximate surface area is 238 Å². The summed E-state index contributed by atoms with van der Waals surface area (Å²) in [4.78, 5) is 36.9. The van der Waals surface area contributed by atoms with Crippen molar-refractivity contribution < 1.29 is 46.3 Å². The van der Waals surface area contributed by atoms with Crippen LogP contribution in [-0.2, 0) is 16.1 Å². The zero-order valence-electron chi connectivity index (χ0n) is 22.2.